The predicted octanol–water partition coefficient (Wildman–Crippen LogP) is 4.52. The van der Waals surface area contributed by atoms with Crippen molar-refractivity contribution >= 4 is 11.6 Å². The minimum atomic E-state index is -0.272. The molecule has 0 aromatic heterocycles. The van der Waals surface area contributed by atoms with E-state index in [2.05, 4.69) is 6.92 Å². The van der Waals surface area contributed by atoms with Crippen LogP contribution in [-0.4, -0.2) is 6.54 Å². The summed E-state index contributed by atoms with van der Waals surface area (Å²) < 4.78 is 13.8. The fourth-order valence-corrected chi connectivity index (χ4v) is 2.25. The number of hydrogen-bond acceptors (Lipinski definition) is 1. The summed E-state index contributed by atoms with van der Waals surface area (Å²) >= 11 is 5.94. The Bertz CT molecular complexity index is 390. The van der Waals surface area contributed by atoms with Gasteiger partial charge in [-0.25, -0.2) is 4.39 Å². The Balaban J connectivity index is 2.72. The van der Waals surface area contributed by atoms with Gasteiger partial charge in [-0.3, -0.25) is 0 Å². The maximum atomic E-state index is 13.8. The average molecular weight is 272 g/mol. The molecule has 0 saturated heterocycles. The van der Waals surface area contributed by atoms with Gasteiger partial charge in [-0.1, -0.05) is 38.4 Å². The van der Waals surface area contributed by atoms with Crippen molar-refractivity contribution in [3.05, 3.63) is 34.1 Å². The van der Waals surface area contributed by atoms with E-state index in [0.717, 1.165) is 31.4 Å². The van der Waals surface area contributed by atoms with Gasteiger partial charge in [-0.05, 0) is 54.8 Å². The highest BCUT2D eigenvalue weighted by Gasteiger charge is 2.12. The van der Waals surface area contributed by atoms with Crippen molar-refractivity contribution < 1.29 is 4.39 Å². The Morgan fingerprint density at radius 3 is 2.50 bits per heavy atom. The Morgan fingerprint density at radius 1 is 1.28 bits per heavy atom. The molecule has 1 rings (SSSR count). The summed E-state index contributed by atoms with van der Waals surface area (Å²) in [4.78, 5) is 0. The van der Waals surface area contributed by atoms with Gasteiger partial charge in [0.15, 0.2) is 0 Å². The van der Waals surface area contributed by atoms with Gasteiger partial charge in [0.25, 0.3) is 0 Å². The molecule has 18 heavy (non-hydrogen) atoms. The van der Waals surface area contributed by atoms with Crippen LogP contribution in [0.4, 0.5) is 4.39 Å². The van der Waals surface area contributed by atoms with Crippen LogP contribution in [0.2, 0.25) is 5.02 Å². The molecule has 2 N–H and O–H groups in total. The molecule has 0 bridgehead atoms. The molecule has 0 unspecified atom stereocenters. The number of halogens is 2. The van der Waals surface area contributed by atoms with Crippen molar-refractivity contribution in [1.29, 1.82) is 0 Å². The summed E-state index contributed by atoms with van der Waals surface area (Å²) in [5.41, 5.74) is 7.42. The summed E-state index contributed by atoms with van der Waals surface area (Å²) in [6, 6.07) is 3.69. The van der Waals surface area contributed by atoms with Gasteiger partial charge in [-0.2, -0.15) is 0 Å². The van der Waals surface area contributed by atoms with E-state index in [1.54, 1.807) is 6.07 Å². The van der Waals surface area contributed by atoms with E-state index in [1.807, 2.05) is 19.9 Å². The minimum Gasteiger partial charge on any atom is -0.330 e. The summed E-state index contributed by atoms with van der Waals surface area (Å²) in [6.45, 7) is 6.84. The van der Waals surface area contributed by atoms with Crippen LogP contribution < -0.4 is 5.73 Å². The summed E-state index contributed by atoms with van der Waals surface area (Å²) in [6.07, 6.45) is 3.10. The first-order valence-corrected chi connectivity index (χ1v) is 7.01. The molecule has 0 aliphatic heterocycles. The lowest BCUT2D eigenvalue weighted by atomic mass is 9.96. The third-order valence-corrected chi connectivity index (χ3v) is 3.58. The Hall–Kier alpha value is -0.600. The highest BCUT2D eigenvalue weighted by Crippen LogP contribution is 2.27. The zero-order valence-electron chi connectivity index (χ0n) is 11.5. The van der Waals surface area contributed by atoms with Crippen LogP contribution in [0.3, 0.4) is 0 Å². The first kappa shape index (κ1) is 15.5. The van der Waals surface area contributed by atoms with E-state index in [4.69, 9.17) is 17.3 Å². The standard InChI is InChI=1S/C15H23ClFN/c1-10(2)13-7-12(8-14(16)15(13)17)6-4-5-11(3)9-18/h7-8,10-11H,4-6,9,18H2,1-3H3/t11-/m1/s1. The summed E-state index contributed by atoms with van der Waals surface area (Å²) in [5, 5.41) is 0.239. The van der Waals surface area contributed by atoms with Gasteiger partial charge in [0, 0.05) is 0 Å². The van der Waals surface area contributed by atoms with E-state index < -0.39 is 0 Å². The van der Waals surface area contributed by atoms with E-state index >= 15 is 0 Å². The molecule has 0 fully saturated rings. The predicted molar refractivity (Wildman–Crippen MR) is 76.7 cm³/mol. The quantitative estimate of drug-likeness (QED) is 0.809. The third-order valence-electron chi connectivity index (χ3n) is 3.30. The highest BCUT2D eigenvalue weighted by molar-refractivity contribution is 6.30. The molecule has 0 amide bonds. The van der Waals surface area contributed by atoms with E-state index in [1.165, 1.54) is 0 Å². The lowest BCUT2D eigenvalue weighted by Crippen LogP contribution is -2.10. The van der Waals surface area contributed by atoms with Crippen molar-refractivity contribution in [3.63, 3.8) is 0 Å². The van der Waals surface area contributed by atoms with Crippen LogP contribution in [0.15, 0.2) is 12.1 Å². The number of hydrogen-bond donors (Lipinski definition) is 1. The van der Waals surface area contributed by atoms with Crippen LogP contribution in [0, 0.1) is 11.7 Å². The lowest BCUT2D eigenvalue weighted by molar-refractivity contribution is 0.520. The van der Waals surface area contributed by atoms with Gasteiger partial charge < -0.3 is 5.73 Å². The second-order valence-electron chi connectivity index (χ2n) is 5.37. The van der Waals surface area contributed by atoms with E-state index in [-0.39, 0.29) is 16.8 Å². The third kappa shape index (κ3) is 4.25. The molecule has 0 spiro atoms. The monoisotopic (exact) mass is 271 g/mol. The second kappa shape index (κ2) is 7.10. The van der Waals surface area contributed by atoms with Crippen molar-refractivity contribution in [3.8, 4) is 0 Å². The fraction of sp³-hybridized carbons (Fsp3) is 0.600. The Kier molecular flexibility index (Phi) is 6.10. The number of nitrogens with two attached hydrogens (primary N) is 1. The number of aryl methyl sites for hydroxylation is 1. The van der Waals surface area contributed by atoms with Crippen LogP contribution in [-0.2, 0) is 6.42 Å². The first-order valence-electron chi connectivity index (χ1n) is 6.63. The summed E-state index contributed by atoms with van der Waals surface area (Å²) in [5.74, 6) is 0.432. The maximum Gasteiger partial charge on any atom is 0.145 e. The Labute approximate surface area is 115 Å². The molecule has 1 atom stereocenters. The van der Waals surface area contributed by atoms with Gasteiger partial charge in [0.1, 0.15) is 5.82 Å². The van der Waals surface area contributed by atoms with Gasteiger partial charge in [0.05, 0.1) is 5.02 Å². The molecule has 0 radical (unpaired) electrons. The van der Waals surface area contributed by atoms with Gasteiger partial charge >= 0.3 is 0 Å². The molecule has 0 aliphatic carbocycles. The SMILES string of the molecule is CC(C)c1cc(CCC[C@@H](C)CN)cc(Cl)c1F. The smallest absolute Gasteiger partial charge is 0.145 e. The van der Waals surface area contributed by atoms with Gasteiger partial charge in [-0.15, -0.1) is 0 Å². The van der Waals surface area contributed by atoms with E-state index in [0.29, 0.717) is 11.5 Å². The van der Waals surface area contributed by atoms with Crippen molar-refractivity contribution in [2.75, 3.05) is 6.54 Å². The second-order valence-corrected chi connectivity index (χ2v) is 5.78. The molecular formula is C15H23ClFN. The van der Waals surface area contributed by atoms with E-state index in [9.17, 15) is 4.39 Å². The Morgan fingerprint density at radius 2 is 1.94 bits per heavy atom. The van der Waals surface area contributed by atoms with Crippen LogP contribution >= 0.6 is 11.6 Å². The summed E-state index contributed by atoms with van der Waals surface area (Å²) in [7, 11) is 0. The lowest BCUT2D eigenvalue weighted by Gasteiger charge is -2.12. The van der Waals surface area contributed by atoms with Crippen LogP contribution in [0.1, 0.15) is 50.7 Å². The number of rotatable bonds is 6. The van der Waals surface area contributed by atoms with Crippen molar-refractivity contribution in [1.82, 2.24) is 0 Å². The minimum absolute atomic E-state index is 0.158. The zero-order valence-corrected chi connectivity index (χ0v) is 12.2. The molecule has 0 aliphatic rings. The topological polar surface area (TPSA) is 26.0 Å². The molecule has 1 nitrogen and oxygen atoms in total. The maximum absolute atomic E-state index is 13.8. The van der Waals surface area contributed by atoms with Crippen molar-refractivity contribution in [2.24, 2.45) is 11.7 Å². The molecule has 1 aromatic carbocycles. The van der Waals surface area contributed by atoms with Crippen LogP contribution in [0.5, 0.6) is 0 Å². The molecule has 1 aromatic rings. The molecule has 0 saturated carbocycles. The first-order chi connectivity index (χ1) is 8.45. The highest BCUT2D eigenvalue weighted by atomic mass is 35.5. The zero-order chi connectivity index (χ0) is 13.7. The molecule has 3 heteroatoms. The fourth-order valence-electron chi connectivity index (χ4n) is 2.01. The average Bonchev–Trinajstić information content (AvgIpc) is 2.32. The van der Waals surface area contributed by atoms with Gasteiger partial charge in [0.2, 0.25) is 0 Å². The number of benzene rings is 1. The van der Waals surface area contributed by atoms with Crippen molar-refractivity contribution in [2.45, 2.75) is 46.0 Å². The largest absolute Gasteiger partial charge is 0.330 e. The molecule has 102 valence electrons. The van der Waals surface area contributed by atoms with Crippen LogP contribution in [0.25, 0.3) is 0 Å². The molecular weight excluding hydrogens is 249 g/mol. The normalized spacial score (nSPS) is 13.1. The molecule has 0 heterocycles.